The van der Waals surface area contributed by atoms with Crippen LogP contribution in [0, 0.1) is 0 Å². The van der Waals surface area contributed by atoms with Gasteiger partial charge in [0.05, 0.1) is 24.4 Å². The van der Waals surface area contributed by atoms with Gasteiger partial charge in [0.15, 0.2) is 0 Å². The van der Waals surface area contributed by atoms with E-state index in [1.54, 1.807) is 18.7 Å². The molecule has 0 aliphatic carbocycles. The number of benzene rings is 3. The fraction of sp³-hybridized carbons (Fsp3) is 0.385. The third-order valence-corrected chi connectivity index (χ3v) is 11.7. The molecule has 16 heteroatoms. The van der Waals surface area contributed by atoms with Crippen molar-refractivity contribution in [3.05, 3.63) is 101 Å². The number of nitrogens with zero attached hydrogens (tertiary/aromatic N) is 1. The number of allylic oxidation sites excluding steroid dienone is 1. The van der Waals surface area contributed by atoms with Crippen molar-refractivity contribution in [3.63, 3.8) is 0 Å². The van der Waals surface area contributed by atoms with Crippen LogP contribution in [0.3, 0.4) is 0 Å². The molecule has 2 aliphatic heterocycles. The molecular weight excluding hydrogens is 753 g/mol. The summed E-state index contributed by atoms with van der Waals surface area (Å²) < 4.78 is 45.7. The van der Waals surface area contributed by atoms with Gasteiger partial charge in [-0.2, -0.15) is 8.78 Å². The number of para-hydroxylation sites is 1. The molecule has 3 aromatic rings. The summed E-state index contributed by atoms with van der Waals surface area (Å²) in [5, 5.41) is 8.43. The van der Waals surface area contributed by atoms with Crippen LogP contribution in [0.15, 0.2) is 77.7 Å². The van der Waals surface area contributed by atoms with Gasteiger partial charge in [0, 0.05) is 36.4 Å². The summed E-state index contributed by atoms with van der Waals surface area (Å²) in [5.74, 6) is -1.71. The number of thioether (sulfide) groups is 1. The molecule has 0 aromatic heterocycles. The van der Waals surface area contributed by atoms with Crippen molar-refractivity contribution in [1.82, 2.24) is 16.0 Å². The van der Waals surface area contributed by atoms with Crippen molar-refractivity contribution in [2.45, 2.75) is 87.3 Å². The zero-order chi connectivity index (χ0) is 40.1. The maximum Gasteiger partial charge on any atom is 0.399 e. The van der Waals surface area contributed by atoms with Crippen molar-refractivity contribution in [3.8, 4) is 0 Å². The van der Waals surface area contributed by atoms with Crippen LogP contribution < -0.4 is 20.9 Å². The Balaban J connectivity index is 1.31. The molecule has 294 valence electrons. The average molecular weight is 799 g/mol. The molecule has 3 aromatic carbocycles. The minimum absolute atomic E-state index is 0.139. The molecule has 0 saturated heterocycles. The highest BCUT2D eigenvalue weighted by Crippen LogP contribution is 2.59. The van der Waals surface area contributed by atoms with Gasteiger partial charge in [-0.05, 0) is 79.3 Å². The van der Waals surface area contributed by atoms with E-state index in [4.69, 9.17) is 14.5 Å². The van der Waals surface area contributed by atoms with E-state index < -0.39 is 60.8 Å². The van der Waals surface area contributed by atoms with Gasteiger partial charge in [-0.15, -0.1) is 11.8 Å². The fourth-order valence-electron chi connectivity index (χ4n) is 6.75. The van der Waals surface area contributed by atoms with Crippen molar-refractivity contribution >= 4 is 54.2 Å². The van der Waals surface area contributed by atoms with Gasteiger partial charge in [0.25, 0.3) is 0 Å². The highest BCUT2D eigenvalue weighted by molar-refractivity contribution is 7.98. The number of nitrogens with one attached hydrogen (secondary N) is 3. The normalized spacial score (nSPS) is 18.2. The molecule has 5 N–H and O–H groups in total. The Morgan fingerprint density at radius 2 is 1.75 bits per heavy atom. The number of ether oxygens (including phenoxy) is 1. The van der Waals surface area contributed by atoms with E-state index in [1.807, 2.05) is 55.6 Å². The topological polar surface area (TPSA) is 174 Å². The van der Waals surface area contributed by atoms with E-state index in [2.05, 4.69) is 16.0 Å². The Kier molecular flexibility index (Phi) is 13.4. The van der Waals surface area contributed by atoms with E-state index in [1.165, 1.54) is 30.2 Å². The molecular formula is C39H45F2N4O8PS. The first kappa shape index (κ1) is 41.8. The molecule has 55 heavy (non-hydrogen) atoms. The second-order valence-electron chi connectivity index (χ2n) is 13.6. The van der Waals surface area contributed by atoms with Crippen LogP contribution in [0.25, 0.3) is 5.57 Å². The Labute approximate surface area is 322 Å². The van der Waals surface area contributed by atoms with Crippen LogP contribution in [0.2, 0.25) is 0 Å². The van der Waals surface area contributed by atoms with Crippen LogP contribution >= 0.6 is 19.4 Å². The quantitative estimate of drug-likeness (QED) is 0.0802. The highest BCUT2D eigenvalue weighted by Gasteiger charge is 2.50. The van der Waals surface area contributed by atoms with Crippen molar-refractivity contribution < 1.29 is 47.0 Å². The number of carbonyl (C=O) groups excluding carboxylic acids is 4. The van der Waals surface area contributed by atoms with Crippen molar-refractivity contribution in [2.24, 2.45) is 0 Å². The number of hydrogen-bond donors (Lipinski definition) is 5. The van der Waals surface area contributed by atoms with Gasteiger partial charge in [-0.3, -0.25) is 28.6 Å². The molecule has 0 unspecified atom stereocenters. The smallest absolute Gasteiger partial charge is 0.372 e. The number of aryl methyl sites for hydroxylation is 1. The maximum atomic E-state index is 14.3. The zero-order valence-corrected chi connectivity index (χ0v) is 32.6. The first-order chi connectivity index (χ1) is 26.0. The fourth-order valence-corrected chi connectivity index (χ4v) is 7.64. The lowest BCUT2D eigenvalue weighted by atomic mass is 10.0. The molecule has 2 aliphatic rings. The molecule has 4 atom stereocenters. The third kappa shape index (κ3) is 9.71. The first-order valence-corrected chi connectivity index (χ1v) is 20.6. The molecule has 0 spiro atoms. The SMILES string of the molecule is CNC(=O)CC[C@H](NC(=O)[C@@H]1Cc2cccc3c2N1C(=O)[C@@H](NC(=O)/C=C(\C)c1ccc(C(F)(F)P(=O)(O)O)cc1)CC3)[C@@H](C)OCc1ccc(SC)cc1. The largest absolute Gasteiger partial charge is 0.399 e. The lowest BCUT2D eigenvalue weighted by Gasteiger charge is -2.31. The van der Waals surface area contributed by atoms with Crippen LogP contribution in [-0.2, 0) is 53.6 Å². The number of halogens is 2. The van der Waals surface area contributed by atoms with Crippen LogP contribution in [0.5, 0.6) is 0 Å². The second-order valence-corrected chi connectivity index (χ2v) is 16.2. The van der Waals surface area contributed by atoms with Gasteiger partial charge < -0.3 is 30.5 Å². The maximum absolute atomic E-state index is 14.3. The molecule has 2 heterocycles. The van der Waals surface area contributed by atoms with E-state index in [0.717, 1.165) is 33.7 Å². The Hall–Kier alpha value is -4.40. The van der Waals surface area contributed by atoms with E-state index >= 15 is 0 Å². The summed E-state index contributed by atoms with van der Waals surface area (Å²) in [6, 6.07) is 15.3. The standard InChI is InChI=1S/C39H45F2N4O8PS/c1-23(26-10-13-29(14-11-26)39(40,41)54(50,51)52)20-35(47)43-32-17-12-27-6-5-7-28-21-33(45(36(27)28)38(32)49)37(48)44-31(18-19-34(46)42-3)24(2)53-22-25-8-15-30(55-4)16-9-25/h5-11,13-16,20,24,31-33H,12,17-19,21-22H2,1-4H3,(H,42,46)(H,43,47)(H,44,48)(H2,50,51,52)/b23-20+/t24-,31+,32+,33+/m1/s1. The minimum Gasteiger partial charge on any atom is -0.372 e. The third-order valence-electron chi connectivity index (χ3n) is 9.95. The number of anilines is 1. The lowest BCUT2D eigenvalue weighted by Crippen LogP contribution is -2.56. The second kappa shape index (κ2) is 17.6. The van der Waals surface area contributed by atoms with Crippen molar-refractivity contribution in [2.75, 3.05) is 18.2 Å². The molecule has 0 saturated carbocycles. The number of carbonyl (C=O) groups is 4. The predicted octanol–water partition coefficient (Wildman–Crippen LogP) is 5.04. The van der Waals surface area contributed by atoms with Crippen LogP contribution in [0.4, 0.5) is 14.5 Å². The van der Waals surface area contributed by atoms with E-state index in [0.29, 0.717) is 23.2 Å². The summed E-state index contributed by atoms with van der Waals surface area (Å²) in [7, 11) is -4.21. The summed E-state index contributed by atoms with van der Waals surface area (Å²) >= 11 is 1.63. The minimum atomic E-state index is -5.75. The van der Waals surface area contributed by atoms with Gasteiger partial charge in [0.1, 0.15) is 12.1 Å². The van der Waals surface area contributed by atoms with Crippen LogP contribution in [-0.4, -0.2) is 70.9 Å². The van der Waals surface area contributed by atoms with E-state index in [9.17, 15) is 32.5 Å². The van der Waals surface area contributed by atoms with Gasteiger partial charge >= 0.3 is 13.3 Å². The monoisotopic (exact) mass is 798 g/mol. The molecule has 0 radical (unpaired) electrons. The number of amides is 4. The molecule has 4 amide bonds. The average Bonchev–Trinajstić information content (AvgIpc) is 3.50. The summed E-state index contributed by atoms with van der Waals surface area (Å²) in [6.45, 7) is 3.68. The Bertz CT molecular complexity index is 1990. The number of alkyl halides is 2. The lowest BCUT2D eigenvalue weighted by molar-refractivity contribution is -0.129. The molecule has 0 bridgehead atoms. The van der Waals surface area contributed by atoms with Crippen LogP contribution in [0.1, 0.15) is 60.9 Å². The Morgan fingerprint density at radius 1 is 1.07 bits per heavy atom. The summed E-state index contributed by atoms with van der Waals surface area (Å²) in [4.78, 5) is 74.6. The summed E-state index contributed by atoms with van der Waals surface area (Å²) in [6.07, 6.45) is 4.08. The van der Waals surface area contributed by atoms with Gasteiger partial charge in [0.2, 0.25) is 23.6 Å². The molecule has 12 nitrogen and oxygen atoms in total. The van der Waals surface area contributed by atoms with Gasteiger partial charge in [-0.1, -0.05) is 54.6 Å². The highest BCUT2D eigenvalue weighted by atomic mass is 32.2. The number of hydrogen-bond acceptors (Lipinski definition) is 7. The van der Waals surface area contributed by atoms with E-state index in [-0.39, 0.29) is 38.2 Å². The zero-order valence-electron chi connectivity index (χ0n) is 30.9. The predicted molar refractivity (Wildman–Crippen MR) is 205 cm³/mol. The van der Waals surface area contributed by atoms with Crippen molar-refractivity contribution in [1.29, 1.82) is 0 Å². The molecule has 5 rings (SSSR count). The molecule has 0 fully saturated rings. The number of rotatable bonds is 15. The first-order valence-electron chi connectivity index (χ1n) is 17.8. The summed E-state index contributed by atoms with van der Waals surface area (Å²) in [5.41, 5.74) is -1.27. The van der Waals surface area contributed by atoms with Gasteiger partial charge in [-0.25, -0.2) is 0 Å². The Morgan fingerprint density at radius 3 is 2.38 bits per heavy atom.